The molecule has 3 rings (SSSR count). The van der Waals surface area contributed by atoms with Crippen LogP contribution in [0.5, 0.6) is 0 Å². The molecule has 0 aliphatic carbocycles. The van der Waals surface area contributed by atoms with Crippen molar-refractivity contribution in [1.29, 1.82) is 0 Å². The van der Waals surface area contributed by atoms with E-state index in [-0.39, 0.29) is 28.0 Å². The molecule has 1 amide bonds. The van der Waals surface area contributed by atoms with Crippen molar-refractivity contribution in [3.8, 4) is 0 Å². The van der Waals surface area contributed by atoms with Gasteiger partial charge in [0.2, 0.25) is 0 Å². The van der Waals surface area contributed by atoms with Crippen molar-refractivity contribution in [2.45, 2.75) is 13.3 Å². The third-order valence-corrected chi connectivity index (χ3v) is 4.56. The fraction of sp³-hybridized carbons (Fsp3) is 0.167. The summed E-state index contributed by atoms with van der Waals surface area (Å²) in [7, 11) is 1.33. The topological polar surface area (TPSA) is 72.7 Å². The van der Waals surface area contributed by atoms with Gasteiger partial charge >= 0.3 is 5.97 Å². The number of ether oxygens (including phenoxy) is 1. The maximum Gasteiger partial charge on any atom is 0.311 e. The summed E-state index contributed by atoms with van der Waals surface area (Å²) in [6.07, 6.45) is 1.85. The molecule has 0 unspecified atom stereocenters. The van der Waals surface area contributed by atoms with Crippen molar-refractivity contribution in [1.82, 2.24) is 9.38 Å². The monoisotopic (exact) mass is 391 g/mol. The number of benzene rings is 1. The standard InChI is InChI=1S/C18H15Cl2N3O3/c1-10-14(9-15(24)26-2)23-8-4-7-13(17(23)21-10)22-18(25)16-11(19)5-3-6-12(16)20/h3-8H,9H2,1-2H3,(H,22,25). The van der Waals surface area contributed by atoms with Crippen molar-refractivity contribution >= 4 is 46.4 Å². The Morgan fingerprint density at radius 3 is 2.54 bits per heavy atom. The molecular formula is C18H15Cl2N3O3. The molecule has 8 heteroatoms. The lowest BCUT2D eigenvalue weighted by Gasteiger charge is -2.10. The first-order valence-electron chi connectivity index (χ1n) is 7.71. The lowest BCUT2D eigenvalue weighted by molar-refractivity contribution is -0.139. The van der Waals surface area contributed by atoms with Crippen molar-refractivity contribution in [3.63, 3.8) is 0 Å². The van der Waals surface area contributed by atoms with E-state index in [1.807, 2.05) is 0 Å². The van der Waals surface area contributed by atoms with Crippen molar-refractivity contribution in [2.24, 2.45) is 0 Å². The molecule has 0 spiro atoms. The predicted molar refractivity (Wildman–Crippen MR) is 100 cm³/mol. The number of anilines is 1. The molecule has 1 N–H and O–H groups in total. The van der Waals surface area contributed by atoms with E-state index in [2.05, 4.69) is 10.3 Å². The number of methoxy groups -OCH3 is 1. The fourth-order valence-electron chi connectivity index (χ4n) is 2.65. The summed E-state index contributed by atoms with van der Waals surface area (Å²) in [6, 6.07) is 8.32. The van der Waals surface area contributed by atoms with Crippen LogP contribution < -0.4 is 5.32 Å². The Balaban J connectivity index is 2.00. The van der Waals surface area contributed by atoms with E-state index in [9.17, 15) is 9.59 Å². The lowest BCUT2D eigenvalue weighted by Crippen LogP contribution is -2.14. The van der Waals surface area contributed by atoms with Gasteiger partial charge in [-0.05, 0) is 31.2 Å². The maximum absolute atomic E-state index is 12.6. The van der Waals surface area contributed by atoms with Gasteiger partial charge in [-0.2, -0.15) is 0 Å². The minimum Gasteiger partial charge on any atom is -0.469 e. The molecule has 2 heterocycles. The predicted octanol–water partition coefficient (Wildman–Crippen LogP) is 3.92. The van der Waals surface area contributed by atoms with Crippen LogP contribution in [0.15, 0.2) is 36.5 Å². The van der Waals surface area contributed by atoms with Crippen LogP contribution >= 0.6 is 23.2 Å². The number of nitrogens with zero attached hydrogens (tertiary/aromatic N) is 2. The molecule has 0 atom stereocenters. The number of pyridine rings is 1. The first-order valence-corrected chi connectivity index (χ1v) is 8.46. The third-order valence-electron chi connectivity index (χ3n) is 3.93. The van der Waals surface area contributed by atoms with Crippen LogP contribution in [0, 0.1) is 6.92 Å². The van der Waals surface area contributed by atoms with Crippen LogP contribution in [0.1, 0.15) is 21.7 Å². The first-order chi connectivity index (χ1) is 12.4. The zero-order chi connectivity index (χ0) is 18.8. The zero-order valence-corrected chi connectivity index (χ0v) is 15.6. The molecule has 1 aromatic carbocycles. The Hall–Kier alpha value is -2.57. The number of aromatic nitrogens is 2. The number of hydrogen-bond donors (Lipinski definition) is 1. The fourth-order valence-corrected chi connectivity index (χ4v) is 3.22. The molecule has 2 aromatic heterocycles. The molecule has 0 radical (unpaired) electrons. The van der Waals surface area contributed by atoms with E-state index in [1.165, 1.54) is 7.11 Å². The maximum atomic E-state index is 12.6. The van der Waals surface area contributed by atoms with E-state index in [0.29, 0.717) is 22.7 Å². The molecule has 0 bridgehead atoms. The number of nitrogens with one attached hydrogen (secondary N) is 1. The highest BCUT2D eigenvalue weighted by atomic mass is 35.5. The first kappa shape index (κ1) is 18.2. The SMILES string of the molecule is COC(=O)Cc1c(C)nc2c(NC(=O)c3c(Cl)cccc3Cl)cccn12. The molecule has 6 nitrogen and oxygen atoms in total. The quantitative estimate of drug-likeness (QED) is 0.684. The lowest BCUT2D eigenvalue weighted by atomic mass is 10.2. The summed E-state index contributed by atoms with van der Waals surface area (Å²) < 4.78 is 6.47. The van der Waals surface area contributed by atoms with Gasteiger partial charge in [0.25, 0.3) is 5.91 Å². The highest BCUT2D eigenvalue weighted by Gasteiger charge is 2.19. The van der Waals surface area contributed by atoms with Crippen LogP contribution in [0.4, 0.5) is 5.69 Å². The number of imidazole rings is 1. The molecule has 0 fully saturated rings. The minimum absolute atomic E-state index is 0.0806. The van der Waals surface area contributed by atoms with Gasteiger partial charge in [0.15, 0.2) is 5.65 Å². The van der Waals surface area contributed by atoms with Gasteiger partial charge in [-0.25, -0.2) is 4.98 Å². The van der Waals surface area contributed by atoms with E-state index >= 15 is 0 Å². The number of hydrogen-bond acceptors (Lipinski definition) is 4. The van der Waals surface area contributed by atoms with Crippen molar-refractivity contribution in [3.05, 3.63) is 63.5 Å². The normalized spacial score (nSPS) is 10.8. The molecule has 0 saturated heterocycles. The molecule has 26 heavy (non-hydrogen) atoms. The van der Waals surface area contributed by atoms with E-state index in [0.717, 1.165) is 0 Å². The van der Waals surface area contributed by atoms with E-state index in [1.54, 1.807) is 47.9 Å². The molecule has 134 valence electrons. The van der Waals surface area contributed by atoms with Gasteiger partial charge in [-0.1, -0.05) is 29.3 Å². The molecule has 0 aliphatic heterocycles. The summed E-state index contributed by atoms with van der Waals surface area (Å²) in [5.41, 5.74) is 2.55. The molecule has 0 aliphatic rings. The van der Waals surface area contributed by atoms with E-state index in [4.69, 9.17) is 27.9 Å². The summed E-state index contributed by atoms with van der Waals surface area (Å²) in [5.74, 6) is -0.809. The van der Waals surface area contributed by atoms with Gasteiger partial charge < -0.3 is 14.5 Å². The Morgan fingerprint density at radius 2 is 1.88 bits per heavy atom. The summed E-state index contributed by atoms with van der Waals surface area (Å²) in [5, 5.41) is 3.30. The number of aryl methyl sites for hydroxylation is 1. The highest BCUT2D eigenvalue weighted by molar-refractivity contribution is 6.40. The van der Waals surface area contributed by atoms with Gasteiger partial charge in [0.05, 0.1) is 46.2 Å². The van der Waals surface area contributed by atoms with Gasteiger partial charge in [0, 0.05) is 6.20 Å². The average molecular weight is 392 g/mol. The van der Waals surface area contributed by atoms with Gasteiger partial charge in [-0.15, -0.1) is 0 Å². The molecular weight excluding hydrogens is 377 g/mol. The van der Waals surface area contributed by atoms with Crippen LogP contribution in [-0.4, -0.2) is 28.4 Å². The second-order valence-electron chi connectivity index (χ2n) is 5.56. The number of rotatable bonds is 4. The largest absolute Gasteiger partial charge is 0.469 e. The van der Waals surface area contributed by atoms with Gasteiger partial charge in [0.1, 0.15) is 0 Å². The smallest absolute Gasteiger partial charge is 0.311 e. The Morgan fingerprint density at radius 1 is 1.19 bits per heavy atom. The van der Waals surface area contributed by atoms with Crippen molar-refractivity contribution in [2.75, 3.05) is 12.4 Å². The average Bonchev–Trinajstić information content (AvgIpc) is 2.91. The van der Waals surface area contributed by atoms with Crippen LogP contribution in [0.3, 0.4) is 0 Å². The van der Waals surface area contributed by atoms with Gasteiger partial charge in [-0.3, -0.25) is 9.59 Å². The Labute approximate surface area is 159 Å². The molecule has 0 saturated carbocycles. The number of esters is 1. The Bertz CT molecular complexity index is 994. The Kier molecular flexibility index (Phi) is 5.15. The van der Waals surface area contributed by atoms with Crippen LogP contribution in [0.25, 0.3) is 5.65 Å². The summed E-state index contributed by atoms with van der Waals surface area (Å²) in [4.78, 5) is 28.7. The molecule has 3 aromatic rings. The number of halogens is 2. The minimum atomic E-state index is -0.441. The zero-order valence-electron chi connectivity index (χ0n) is 14.0. The second kappa shape index (κ2) is 7.35. The van der Waals surface area contributed by atoms with Crippen molar-refractivity contribution < 1.29 is 14.3 Å². The third kappa shape index (κ3) is 3.38. The summed E-state index contributed by atoms with van der Waals surface area (Å²) >= 11 is 12.2. The number of carbonyl (C=O) groups excluding carboxylic acids is 2. The number of fused-ring (bicyclic) bond motifs is 1. The summed E-state index contributed by atoms with van der Waals surface area (Å²) in [6.45, 7) is 1.79. The number of amides is 1. The van der Waals surface area contributed by atoms with E-state index < -0.39 is 5.91 Å². The van der Waals surface area contributed by atoms with Crippen LogP contribution in [0.2, 0.25) is 10.0 Å². The second-order valence-corrected chi connectivity index (χ2v) is 6.38. The number of carbonyl (C=O) groups is 2. The highest BCUT2D eigenvalue weighted by Crippen LogP contribution is 2.27. The van der Waals surface area contributed by atoms with Crippen LogP contribution in [-0.2, 0) is 16.0 Å².